The predicted molar refractivity (Wildman–Crippen MR) is 134 cm³/mol. The van der Waals surface area contributed by atoms with Crippen molar-refractivity contribution >= 4 is 11.8 Å². The van der Waals surface area contributed by atoms with Gasteiger partial charge in [-0.2, -0.15) is 5.10 Å². The van der Waals surface area contributed by atoms with E-state index in [9.17, 15) is 9.59 Å². The zero-order valence-electron chi connectivity index (χ0n) is 20.4. The summed E-state index contributed by atoms with van der Waals surface area (Å²) in [7, 11) is 0. The van der Waals surface area contributed by atoms with E-state index in [2.05, 4.69) is 26.2 Å². The number of ether oxygens (including phenoxy) is 1. The molecule has 5 rings (SSSR count). The van der Waals surface area contributed by atoms with E-state index in [0.29, 0.717) is 44.2 Å². The number of carbonyl (C=O) groups is 2. The minimum absolute atomic E-state index is 0.0204. The molecule has 2 aliphatic heterocycles. The highest BCUT2D eigenvalue weighted by Gasteiger charge is 2.39. The number of piperidine rings is 1. The number of para-hydroxylation sites is 1. The van der Waals surface area contributed by atoms with Gasteiger partial charge in [0.15, 0.2) is 0 Å². The number of likely N-dealkylation sites (tertiary alicyclic amines) is 1. The van der Waals surface area contributed by atoms with E-state index in [1.165, 1.54) is 11.8 Å². The molecular formula is C27H32N6O3. The summed E-state index contributed by atoms with van der Waals surface area (Å²) in [6, 6.07) is 9.87. The van der Waals surface area contributed by atoms with Crippen LogP contribution < -0.4 is 4.74 Å². The number of amides is 2. The van der Waals surface area contributed by atoms with Gasteiger partial charge in [0.05, 0.1) is 12.7 Å². The predicted octanol–water partition coefficient (Wildman–Crippen LogP) is 3.37. The van der Waals surface area contributed by atoms with Crippen LogP contribution in [0.2, 0.25) is 0 Å². The van der Waals surface area contributed by atoms with Gasteiger partial charge >= 0.3 is 0 Å². The van der Waals surface area contributed by atoms with Crippen molar-refractivity contribution < 1.29 is 14.3 Å². The number of nitrogens with zero attached hydrogens (tertiary/aromatic N) is 5. The molecule has 36 heavy (non-hydrogen) atoms. The van der Waals surface area contributed by atoms with E-state index in [4.69, 9.17) is 4.74 Å². The molecule has 4 heterocycles. The van der Waals surface area contributed by atoms with Crippen LogP contribution in [-0.4, -0.2) is 74.6 Å². The van der Waals surface area contributed by atoms with Crippen molar-refractivity contribution in [3.63, 3.8) is 0 Å². The third-order valence-electron chi connectivity index (χ3n) is 7.43. The Morgan fingerprint density at radius 3 is 2.56 bits per heavy atom. The van der Waals surface area contributed by atoms with E-state index in [1.54, 1.807) is 24.7 Å². The maximum Gasteiger partial charge on any atom is 0.274 e. The number of H-pyrrole nitrogens is 1. The monoisotopic (exact) mass is 488 g/mol. The van der Waals surface area contributed by atoms with E-state index in [1.807, 2.05) is 28.0 Å². The Balaban J connectivity index is 1.36. The highest BCUT2D eigenvalue weighted by Crippen LogP contribution is 2.39. The number of aryl methyl sites for hydroxylation is 1. The molecule has 0 radical (unpaired) electrons. The van der Waals surface area contributed by atoms with Gasteiger partial charge in [0.2, 0.25) is 0 Å². The lowest BCUT2D eigenvalue weighted by Gasteiger charge is -2.44. The maximum absolute atomic E-state index is 13.5. The highest BCUT2D eigenvalue weighted by atomic mass is 16.5. The minimum Gasteiger partial charge on any atom is -0.491 e. The molecule has 1 spiro atoms. The van der Waals surface area contributed by atoms with E-state index in [0.717, 1.165) is 44.3 Å². The van der Waals surface area contributed by atoms with Gasteiger partial charge in [0.25, 0.3) is 11.8 Å². The first-order valence-corrected chi connectivity index (χ1v) is 12.7. The Labute approximate surface area is 210 Å². The third kappa shape index (κ3) is 5.40. The minimum atomic E-state index is -0.132. The largest absolute Gasteiger partial charge is 0.491 e. The Bertz CT molecular complexity index is 1160. The van der Waals surface area contributed by atoms with Crippen LogP contribution in [0.15, 0.2) is 55.1 Å². The molecule has 0 bridgehead atoms. The summed E-state index contributed by atoms with van der Waals surface area (Å²) in [5, 5.41) is 6.69. The van der Waals surface area contributed by atoms with Crippen LogP contribution in [0.3, 0.4) is 0 Å². The topological polar surface area (TPSA) is 104 Å². The van der Waals surface area contributed by atoms with Gasteiger partial charge < -0.3 is 14.5 Å². The number of carbonyl (C=O) groups excluding carboxylic acids is 2. The number of hydrogen-bond donors (Lipinski definition) is 1. The van der Waals surface area contributed by atoms with E-state index < -0.39 is 0 Å². The van der Waals surface area contributed by atoms with Gasteiger partial charge in [-0.05, 0) is 55.2 Å². The summed E-state index contributed by atoms with van der Waals surface area (Å²) in [5.74, 6) is 0.741. The Morgan fingerprint density at radius 1 is 0.917 bits per heavy atom. The summed E-state index contributed by atoms with van der Waals surface area (Å²) in [4.78, 5) is 38.5. The Kier molecular flexibility index (Phi) is 7.25. The number of benzene rings is 1. The summed E-state index contributed by atoms with van der Waals surface area (Å²) in [5.41, 5.74) is 1.99. The zero-order valence-corrected chi connectivity index (χ0v) is 20.4. The lowest BCUT2D eigenvalue weighted by atomic mass is 9.73. The fourth-order valence-electron chi connectivity index (χ4n) is 5.38. The lowest BCUT2D eigenvalue weighted by molar-refractivity contribution is 0.0323. The molecule has 1 saturated heterocycles. The van der Waals surface area contributed by atoms with Gasteiger partial charge in [-0.25, -0.2) is 4.98 Å². The van der Waals surface area contributed by atoms with Crippen LogP contribution in [0.25, 0.3) is 0 Å². The zero-order chi connectivity index (χ0) is 24.8. The van der Waals surface area contributed by atoms with E-state index >= 15 is 0 Å². The number of aromatic nitrogens is 4. The Hall–Kier alpha value is -3.75. The number of aromatic amines is 1. The molecule has 2 aliphatic rings. The van der Waals surface area contributed by atoms with E-state index in [-0.39, 0.29) is 17.2 Å². The van der Waals surface area contributed by atoms with Crippen LogP contribution in [0.5, 0.6) is 5.75 Å². The quantitative estimate of drug-likeness (QED) is 0.593. The first-order valence-electron chi connectivity index (χ1n) is 12.7. The summed E-state index contributed by atoms with van der Waals surface area (Å²) >= 11 is 0. The second-order valence-electron chi connectivity index (χ2n) is 9.74. The van der Waals surface area contributed by atoms with Crippen molar-refractivity contribution in [2.75, 3.05) is 32.8 Å². The van der Waals surface area contributed by atoms with Gasteiger partial charge in [-0.15, -0.1) is 0 Å². The van der Waals surface area contributed by atoms with Crippen molar-refractivity contribution in [1.82, 2.24) is 30.0 Å². The normalized spacial score (nSPS) is 18.4. The molecule has 0 unspecified atom stereocenters. The first-order chi connectivity index (χ1) is 17.6. The molecular weight excluding hydrogens is 456 g/mol. The molecule has 188 valence electrons. The number of rotatable bonds is 2. The average Bonchev–Trinajstić information content (AvgIpc) is 3.46. The fourth-order valence-corrected chi connectivity index (χ4v) is 5.38. The maximum atomic E-state index is 13.5. The number of hydrogen-bond acceptors (Lipinski definition) is 6. The Morgan fingerprint density at radius 2 is 1.78 bits per heavy atom. The second kappa shape index (κ2) is 10.9. The molecule has 0 aliphatic carbocycles. The molecule has 2 amide bonds. The first kappa shape index (κ1) is 24.0. The fraction of sp³-hybridized carbons (Fsp3) is 0.444. The molecule has 1 aromatic carbocycles. The summed E-state index contributed by atoms with van der Waals surface area (Å²) in [6.07, 6.45) is 12.0. The van der Waals surface area contributed by atoms with Gasteiger partial charge in [0.1, 0.15) is 23.7 Å². The van der Waals surface area contributed by atoms with Crippen LogP contribution in [0.1, 0.15) is 58.6 Å². The highest BCUT2D eigenvalue weighted by molar-refractivity contribution is 5.92. The van der Waals surface area contributed by atoms with Crippen LogP contribution in [0.4, 0.5) is 0 Å². The second-order valence-corrected chi connectivity index (χ2v) is 9.74. The smallest absolute Gasteiger partial charge is 0.274 e. The molecule has 0 saturated carbocycles. The van der Waals surface area contributed by atoms with Crippen LogP contribution >= 0.6 is 0 Å². The lowest BCUT2D eigenvalue weighted by Crippen LogP contribution is -2.50. The van der Waals surface area contributed by atoms with Crippen molar-refractivity contribution in [2.24, 2.45) is 5.41 Å². The molecule has 0 atom stereocenters. The molecule has 1 N–H and O–H groups in total. The van der Waals surface area contributed by atoms with Crippen molar-refractivity contribution in [3.05, 3.63) is 72.1 Å². The van der Waals surface area contributed by atoms with Crippen molar-refractivity contribution in [1.29, 1.82) is 0 Å². The van der Waals surface area contributed by atoms with Crippen molar-refractivity contribution in [2.45, 2.75) is 38.5 Å². The summed E-state index contributed by atoms with van der Waals surface area (Å²) < 4.78 is 6.15. The number of nitrogens with one attached hydrogen (secondary N) is 1. The SMILES string of the molecule is O=C(c1cnccn1)N1CCOc2ccccc2CCCCC2(CCN(C(=O)c3ccn[nH]3)CC2)C1. The summed E-state index contributed by atoms with van der Waals surface area (Å²) in [6.45, 7) is 2.79. The third-order valence-corrected chi connectivity index (χ3v) is 7.43. The van der Waals surface area contributed by atoms with Crippen molar-refractivity contribution in [3.8, 4) is 5.75 Å². The van der Waals surface area contributed by atoms with Crippen LogP contribution in [0, 0.1) is 5.41 Å². The molecule has 3 aromatic rings. The molecule has 2 aromatic heterocycles. The van der Waals surface area contributed by atoms with Gasteiger partial charge in [-0.1, -0.05) is 24.6 Å². The number of fused-ring (bicyclic) bond motifs is 1. The van der Waals surface area contributed by atoms with Gasteiger partial charge in [0, 0.05) is 38.2 Å². The average molecular weight is 489 g/mol. The van der Waals surface area contributed by atoms with Crippen LogP contribution in [-0.2, 0) is 6.42 Å². The van der Waals surface area contributed by atoms with Gasteiger partial charge in [-0.3, -0.25) is 19.7 Å². The molecule has 9 nitrogen and oxygen atoms in total. The molecule has 9 heteroatoms. The standard InChI is InChI=1S/C27H32N6O3/c34-25(22-8-12-30-31-22)32-15-10-27(11-16-32)9-4-3-6-21-5-1-2-7-24(21)36-18-17-33(20-27)26(35)23-19-28-13-14-29-23/h1-2,5,7-8,12-14,19H,3-4,6,9-11,15-18,20H2,(H,30,31). The molecule has 1 fully saturated rings.